The average Bonchev–Trinajstić information content (AvgIpc) is 2.57. The first-order valence-corrected chi connectivity index (χ1v) is 7.78. The Morgan fingerprint density at radius 1 is 1.22 bits per heavy atom. The predicted molar refractivity (Wildman–Crippen MR) is 90.4 cm³/mol. The van der Waals surface area contributed by atoms with E-state index < -0.39 is 17.8 Å². The predicted octanol–water partition coefficient (Wildman–Crippen LogP) is 3.77. The van der Waals surface area contributed by atoms with E-state index in [1.807, 2.05) is 30.3 Å². The van der Waals surface area contributed by atoms with Crippen molar-refractivity contribution in [2.75, 3.05) is 7.05 Å². The SMILES string of the molecule is CC(C(=O)N(C)Cc1c(F)cccc1Cl)C(N)c1ccccc1. The standard InChI is InChI=1S/C18H20ClFN2O/c1-12(17(21)13-7-4-3-5-8-13)18(23)22(2)11-14-15(19)9-6-10-16(14)20/h3-10,12,17H,11,21H2,1-2H3. The maximum atomic E-state index is 13.9. The second kappa shape index (κ2) is 7.57. The van der Waals surface area contributed by atoms with Crippen molar-refractivity contribution in [1.29, 1.82) is 0 Å². The van der Waals surface area contributed by atoms with Gasteiger partial charge in [0.05, 0.1) is 5.92 Å². The Kier molecular flexibility index (Phi) is 5.74. The summed E-state index contributed by atoms with van der Waals surface area (Å²) in [6, 6.07) is 13.5. The Morgan fingerprint density at radius 3 is 2.48 bits per heavy atom. The highest BCUT2D eigenvalue weighted by molar-refractivity contribution is 6.31. The molecule has 23 heavy (non-hydrogen) atoms. The molecule has 0 radical (unpaired) electrons. The molecule has 2 rings (SSSR count). The van der Waals surface area contributed by atoms with E-state index in [4.69, 9.17) is 17.3 Å². The van der Waals surface area contributed by atoms with Gasteiger partial charge >= 0.3 is 0 Å². The van der Waals surface area contributed by atoms with Crippen molar-refractivity contribution in [3.8, 4) is 0 Å². The minimum absolute atomic E-state index is 0.107. The maximum Gasteiger partial charge on any atom is 0.227 e. The zero-order valence-electron chi connectivity index (χ0n) is 13.2. The van der Waals surface area contributed by atoms with Gasteiger partial charge in [0, 0.05) is 30.2 Å². The zero-order valence-corrected chi connectivity index (χ0v) is 13.9. The van der Waals surface area contributed by atoms with E-state index in [9.17, 15) is 9.18 Å². The Labute approximate surface area is 140 Å². The normalized spacial score (nSPS) is 13.4. The second-order valence-corrected chi connectivity index (χ2v) is 6.03. The van der Waals surface area contributed by atoms with E-state index >= 15 is 0 Å². The summed E-state index contributed by atoms with van der Waals surface area (Å²) < 4.78 is 13.9. The van der Waals surface area contributed by atoms with Crippen molar-refractivity contribution in [3.63, 3.8) is 0 Å². The smallest absolute Gasteiger partial charge is 0.227 e. The maximum absolute atomic E-state index is 13.9. The van der Waals surface area contributed by atoms with E-state index in [1.54, 1.807) is 20.0 Å². The quantitative estimate of drug-likeness (QED) is 0.904. The number of hydrogen-bond acceptors (Lipinski definition) is 2. The highest BCUT2D eigenvalue weighted by Crippen LogP contribution is 2.24. The van der Waals surface area contributed by atoms with E-state index in [0.717, 1.165) is 5.56 Å². The minimum Gasteiger partial charge on any atom is -0.341 e. The van der Waals surface area contributed by atoms with Crippen LogP contribution < -0.4 is 5.73 Å². The van der Waals surface area contributed by atoms with Crippen LogP contribution in [0.1, 0.15) is 24.1 Å². The molecule has 0 saturated carbocycles. The lowest BCUT2D eigenvalue weighted by Gasteiger charge is -2.26. The summed E-state index contributed by atoms with van der Waals surface area (Å²) in [4.78, 5) is 14.0. The molecular weight excluding hydrogens is 315 g/mol. The van der Waals surface area contributed by atoms with Gasteiger partial charge in [0.15, 0.2) is 0 Å². The molecule has 2 N–H and O–H groups in total. The lowest BCUT2D eigenvalue weighted by atomic mass is 9.94. The second-order valence-electron chi connectivity index (χ2n) is 5.62. The Hall–Kier alpha value is -1.91. The highest BCUT2D eigenvalue weighted by Gasteiger charge is 2.25. The van der Waals surface area contributed by atoms with Gasteiger partial charge < -0.3 is 10.6 Å². The Balaban J connectivity index is 2.10. The molecule has 0 heterocycles. The third-order valence-corrected chi connectivity index (χ3v) is 4.30. The Bertz CT molecular complexity index is 658. The molecule has 2 atom stereocenters. The van der Waals surface area contributed by atoms with Crippen LogP contribution in [0.5, 0.6) is 0 Å². The minimum atomic E-state index is -0.423. The summed E-state index contributed by atoms with van der Waals surface area (Å²) in [5.74, 6) is -0.995. The van der Waals surface area contributed by atoms with Crippen LogP contribution in [-0.2, 0) is 11.3 Å². The van der Waals surface area contributed by atoms with Crippen molar-refractivity contribution in [2.24, 2.45) is 11.7 Å². The van der Waals surface area contributed by atoms with Crippen LogP contribution in [0.15, 0.2) is 48.5 Å². The zero-order chi connectivity index (χ0) is 17.0. The van der Waals surface area contributed by atoms with Crippen LogP contribution >= 0.6 is 11.6 Å². The third kappa shape index (κ3) is 4.09. The van der Waals surface area contributed by atoms with Gasteiger partial charge in [-0.05, 0) is 17.7 Å². The largest absolute Gasteiger partial charge is 0.341 e. The van der Waals surface area contributed by atoms with E-state index in [0.29, 0.717) is 10.6 Å². The lowest BCUT2D eigenvalue weighted by molar-refractivity contribution is -0.134. The molecule has 5 heteroatoms. The van der Waals surface area contributed by atoms with Crippen LogP contribution in [0, 0.1) is 11.7 Å². The third-order valence-electron chi connectivity index (χ3n) is 3.95. The monoisotopic (exact) mass is 334 g/mol. The molecule has 0 aliphatic heterocycles. The molecule has 2 aromatic carbocycles. The molecule has 0 aromatic heterocycles. The number of carbonyl (C=O) groups excluding carboxylic acids is 1. The molecule has 0 fully saturated rings. The van der Waals surface area contributed by atoms with E-state index in [2.05, 4.69) is 0 Å². The number of benzene rings is 2. The number of hydrogen-bond donors (Lipinski definition) is 1. The van der Waals surface area contributed by atoms with Gasteiger partial charge in [-0.25, -0.2) is 4.39 Å². The first-order chi connectivity index (χ1) is 10.9. The first-order valence-electron chi connectivity index (χ1n) is 7.40. The van der Waals surface area contributed by atoms with Gasteiger partial charge in [0.25, 0.3) is 0 Å². The fourth-order valence-electron chi connectivity index (χ4n) is 2.46. The summed E-state index contributed by atoms with van der Waals surface area (Å²) in [6.07, 6.45) is 0. The van der Waals surface area contributed by atoms with Crippen molar-refractivity contribution in [3.05, 3.63) is 70.5 Å². The molecule has 0 aliphatic rings. The molecule has 0 saturated heterocycles. The molecule has 0 aliphatic carbocycles. The van der Waals surface area contributed by atoms with Crippen LogP contribution in [-0.4, -0.2) is 17.9 Å². The fraction of sp³-hybridized carbons (Fsp3) is 0.278. The average molecular weight is 335 g/mol. The number of halogens is 2. The molecule has 3 nitrogen and oxygen atoms in total. The number of rotatable bonds is 5. The summed E-state index contributed by atoms with van der Waals surface area (Å²) in [6.45, 7) is 1.88. The fourth-order valence-corrected chi connectivity index (χ4v) is 2.69. The van der Waals surface area contributed by atoms with Crippen molar-refractivity contribution < 1.29 is 9.18 Å². The van der Waals surface area contributed by atoms with Crippen LogP contribution in [0.25, 0.3) is 0 Å². The van der Waals surface area contributed by atoms with Crippen LogP contribution in [0.3, 0.4) is 0 Å². The van der Waals surface area contributed by atoms with Gasteiger partial charge in [0.1, 0.15) is 5.82 Å². The lowest BCUT2D eigenvalue weighted by Crippen LogP contribution is -2.36. The molecular formula is C18H20ClFN2O. The molecule has 0 bridgehead atoms. The van der Waals surface area contributed by atoms with E-state index in [-0.39, 0.29) is 12.5 Å². The molecule has 0 spiro atoms. The van der Waals surface area contributed by atoms with Crippen molar-refractivity contribution >= 4 is 17.5 Å². The molecule has 1 amide bonds. The summed E-state index contributed by atoms with van der Waals surface area (Å²) in [7, 11) is 1.62. The van der Waals surface area contributed by atoms with Gasteiger partial charge in [-0.1, -0.05) is 54.9 Å². The summed E-state index contributed by atoms with van der Waals surface area (Å²) in [5, 5.41) is 0.310. The topological polar surface area (TPSA) is 46.3 Å². The molecule has 2 aromatic rings. The summed E-state index contributed by atoms with van der Waals surface area (Å²) >= 11 is 6.01. The number of nitrogens with two attached hydrogens (primary N) is 1. The van der Waals surface area contributed by atoms with E-state index in [1.165, 1.54) is 17.0 Å². The van der Waals surface area contributed by atoms with Crippen molar-refractivity contribution in [2.45, 2.75) is 19.5 Å². The Morgan fingerprint density at radius 2 is 1.87 bits per heavy atom. The van der Waals surface area contributed by atoms with Gasteiger partial charge in [-0.15, -0.1) is 0 Å². The number of carbonyl (C=O) groups is 1. The van der Waals surface area contributed by atoms with Gasteiger partial charge in [-0.2, -0.15) is 0 Å². The van der Waals surface area contributed by atoms with Gasteiger partial charge in [0.2, 0.25) is 5.91 Å². The van der Waals surface area contributed by atoms with Crippen LogP contribution in [0.4, 0.5) is 4.39 Å². The number of nitrogens with zero attached hydrogens (tertiary/aromatic N) is 1. The first kappa shape index (κ1) is 17.4. The van der Waals surface area contributed by atoms with Crippen molar-refractivity contribution in [1.82, 2.24) is 4.90 Å². The highest BCUT2D eigenvalue weighted by atomic mass is 35.5. The number of amides is 1. The van der Waals surface area contributed by atoms with Crippen LogP contribution in [0.2, 0.25) is 5.02 Å². The molecule has 122 valence electrons. The molecule has 2 unspecified atom stereocenters. The summed E-state index contributed by atoms with van der Waals surface area (Å²) in [5.41, 5.74) is 7.39. The van der Waals surface area contributed by atoms with Gasteiger partial charge in [-0.3, -0.25) is 4.79 Å².